The van der Waals surface area contributed by atoms with E-state index < -0.39 is 27.7 Å². The number of allylic oxidation sites excluding steroid dienone is 1. The van der Waals surface area contributed by atoms with Gasteiger partial charge >= 0.3 is 11.9 Å². The number of hydrogen-bond acceptors (Lipinski definition) is 7. The first-order chi connectivity index (χ1) is 12.4. The van der Waals surface area contributed by atoms with E-state index in [0.29, 0.717) is 16.5 Å². The summed E-state index contributed by atoms with van der Waals surface area (Å²) in [5.41, 5.74) is 0.924. The van der Waals surface area contributed by atoms with Crippen molar-refractivity contribution in [2.75, 3.05) is 12.4 Å². The zero-order chi connectivity index (χ0) is 18.7. The van der Waals surface area contributed by atoms with Crippen LogP contribution >= 0.6 is 0 Å². The van der Waals surface area contributed by atoms with Crippen LogP contribution in [0.15, 0.2) is 40.2 Å². The van der Waals surface area contributed by atoms with Gasteiger partial charge in [-0.05, 0) is 13.0 Å². The van der Waals surface area contributed by atoms with Crippen molar-refractivity contribution in [3.63, 3.8) is 0 Å². The fourth-order valence-electron chi connectivity index (χ4n) is 2.80. The molecule has 1 aromatic carbocycles. The van der Waals surface area contributed by atoms with Crippen molar-refractivity contribution in [3.8, 4) is 0 Å². The molecule has 2 aromatic rings. The monoisotopic (exact) mass is 378 g/mol. The lowest BCUT2D eigenvalue weighted by atomic mass is 10.1. The Hall–Kier alpha value is -2.61. The maximum Gasteiger partial charge on any atom is 0.374 e. The van der Waals surface area contributed by atoms with Crippen molar-refractivity contribution in [1.82, 2.24) is 0 Å². The van der Waals surface area contributed by atoms with Crippen molar-refractivity contribution >= 4 is 32.7 Å². The van der Waals surface area contributed by atoms with Crippen molar-refractivity contribution in [2.45, 2.75) is 20.0 Å². The van der Waals surface area contributed by atoms with Gasteiger partial charge in [-0.3, -0.25) is 4.79 Å². The number of carbonyl (C=O) groups is 2. The number of furan rings is 1. The second-order valence-electron chi connectivity index (χ2n) is 5.91. The van der Waals surface area contributed by atoms with Gasteiger partial charge in [0.05, 0.1) is 24.3 Å². The Kier molecular flexibility index (Phi) is 5.13. The molecule has 1 atom stereocenters. The molecule has 0 bridgehead atoms. The number of para-hydroxylation sites is 1. The molecule has 0 spiro atoms. The summed E-state index contributed by atoms with van der Waals surface area (Å²) in [5, 5.41) is 1.78. The van der Waals surface area contributed by atoms with Crippen LogP contribution in [0.2, 0.25) is 0 Å². The molecule has 26 heavy (non-hydrogen) atoms. The standard InChI is InChI=1S/C18H18O7S/c1-2-23-18(20)17-14(13-5-3-4-6-15(13)25-17)10-24-16(19)9-12-7-8-26(21,22)11-12/h3-8,12H,2,9-11H2,1H3/t12-/m0/s1. The normalized spacial score (nSPS) is 18.1. The van der Waals surface area contributed by atoms with Gasteiger partial charge in [0.15, 0.2) is 9.84 Å². The number of ether oxygens (including phenoxy) is 2. The molecule has 0 unspecified atom stereocenters. The van der Waals surface area contributed by atoms with Gasteiger partial charge in [-0.25, -0.2) is 13.2 Å². The average molecular weight is 378 g/mol. The molecule has 8 heteroatoms. The van der Waals surface area contributed by atoms with E-state index in [1.54, 1.807) is 31.2 Å². The predicted molar refractivity (Wildman–Crippen MR) is 93.0 cm³/mol. The third-order valence-corrected chi connectivity index (χ3v) is 5.43. The average Bonchev–Trinajstić information content (AvgIpc) is 3.13. The quantitative estimate of drug-likeness (QED) is 0.712. The maximum atomic E-state index is 12.1. The lowest BCUT2D eigenvalue weighted by molar-refractivity contribution is -0.145. The van der Waals surface area contributed by atoms with E-state index in [4.69, 9.17) is 13.9 Å². The molecule has 0 saturated carbocycles. The first-order valence-electron chi connectivity index (χ1n) is 8.13. The van der Waals surface area contributed by atoms with E-state index in [9.17, 15) is 18.0 Å². The first-order valence-corrected chi connectivity index (χ1v) is 9.85. The number of hydrogen-bond donors (Lipinski definition) is 0. The summed E-state index contributed by atoms with van der Waals surface area (Å²) < 4.78 is 38.6. The van der Waals surface area contributed by atoms with Crippen LogP contribution in [0, 0.1) is 5.92 Å². The maximum absolute atomic E-state index is 12.1. The van der Waals surface area contributed by atoms with Gasteiger partial charge in [0.25, 0.3) is 0 Å². The van der Waals surface area contributed by atoms with Gasteiger partial charge in [-0.1, -0.05) is 24.3 Å². The van der Waals surface area contributed by atoms with E-state index in [-0.39, 0.29) is 31.1 Å². The molecule has 0 aliphatic carbocycles. The lowest BCUT2D eigenvalue weighted by Gasteiger charge is -2.08. The van der Waals surface area contributed by atoms with Crippen LogP contribution in [0.1, 0.15) is 29.5 Å². The van der Waals surface area contributed by atoms with Gasteiger partial charge in [0.1, 0.15) is 12.2 Å². The molecule has 1 aliphatic rings. The fraction of sp³-hybridized carbons (Fsp3) is 0.333. The molecular formula is C18H18O7S. The van der Waals surface area contributed by atoms with E-state index in [1.807, 2.05) is 0 Å². The van der Waals surface area contributed by atoms with Crippen molar-refractivity contribution < 1.29 is 31.9 Å². The molecule has 3 rings (SSSR count). The molecule has 0 radical (unpaired) electrons. The largest absolute Gasteiger partial charge is 0.461 e. The summed E-state index contributed by atoms with van der Waals surface area (Å²) in [7, 11) is -3.22. The van der Waals surface area contributed by atoms with Crippen LogP contribution in [0.3, 0.4) is 0 Å². The second-order valence-corrected chi connectivity index (χ2v) is 7.84. The minimum atomic E-state index is -3.22. The lowest BCUT2D eigenvalue weighted by Crippen LogP contribution is -2.14. The molecule has 0 saturated heterocycles. The smallest absolute Gasteiger partial charge is 0.374 e. The van der Waals surface area contributed by atoms with Crippen LogP contribution in [0.4, 0.5) is 0 Å². The van der Waals surface area contributed by atoms with Crippen LogP contribution in [-0.4, -0.2) is 32.7 Å². The molecule has 2 heterocycles. The highest BCUT2D eigenvalue weighted by Crippen LogP contribution is 2.28. The molecule has 1 aromatic heterocycles. The van der Waals surface area contributed by atoms with Crippen LogP contribution in [-0.2, 0) is 30.7 Å². The molecule has 138 valence electrons. The van der Waals surface area contributed by atoms with Crippen LogP contribution in [0.5, 0.6) is 0 Å². The van der Waals surface area contributed by atoms with Gasteiger partial charge in [0, 0.05) is 16.7 Å². The highest BCUT2D eigenvalue weighted by Gasteiger charge is 2.26. The van der Waals surface area contributed by atoms with Gasteiger partial charge in [-0.2, -0.15) is 0 Å². The number of carbonyl (C=O) groups excluding carboxylic acids is 2. The minimum Gasteiger partial charge on any atom is -0.461 e. The molecule has 7 nitrogen and oxygen atoms in total. The van der Waals surface area contributed by atoms with E-state index in [2.05, 4.69) is 0 Å². The summed E-state index contributed by atoms with van der Waals surface area (Å²) in [5.74, 6) is -1.65. The summed E-state index contributed by atoms with van der Waals surface area (Å²) in [6, 6.07) is 7.02. The van der Waals surface area contributed by atoms with Gasteiger partial charge < -0.3 is 13.9 Å². The topological polar surface area (TPSA) is 99.9 Å². The number of sulfone groups is 1. The third-order valence-electron chi connectivity index (χ3n) is 3.97. The Labute approximate surface area is 150 Å². The van der Waals surface area contributed by atoms with Gasteiger partial charge in [-0.15, -0.1) is 0 Å². The molecule has 0 fully saturated rings. The number of rotatable bonds is 6. The molecular weight excluding hydrogens is 360 g/mol. The summed E-state index contributed by atoms with van der Waals surface area (Å²) >= 11 is 0. The minimum absolute atomic E-state index is 0.00388. The van der Waals surface area contributed by atoms with E-state index in [0.717, 1.165) is 5.41 Å². The number of benzene rings is 1. The van der Waals surface area contributed by atoms with E-state index in [1.165, 1.54) is 6.08 Å². The second kappa shape index (κ2) is 7.33. The van der Waals surface area contributed by atoms with Crippen molar-refractivity contribution in [1.29, 1.82) is 0 Å². The Balaban J connectivity index is 1.73. The highest BCUT2D eigenvalue weighted by atomic mass is 32.2. The Morgan fingerprint density at radius 3 is 2.69 bits per heavy atom. The molecule has 0 N–H and O–H groups in total. The van der Waals surface area contributed by atoms with Gasteiger partial charge in [0.2, 0.25) is 5.76 Å². The van der Waals surface area contributed by atoms with Crippen LogP contribution < -0.4 is 0 Å². The number of esters is 2. The first kappa shape index (κ1) is 18.2. The van der Waals surface area contributed by atoms with Crippen LogP contribution in [0.25, 0.3) is 11.0 Å². The highest BCUT2D eigenvalue weighted by molar-refractivity contribution is 7.94. The predicted octanol–water partition coefficient (Wildman–Crippen LogP) is 2.60. The summed E-state index contributed by atoms with van der Waals surface area (Å²) in [4.78, 5) is 24.1. The number of fused-ring (bicyclic) bond motifs is 1. The third kappa shape index (κ3) is 3.96. The van der Waals surface area contributed by atoms with Crippen molar-refractivity contribution in [2.24, 2.45) is 5.92 Å². The Bertz CT molecular complexity index is 969. The van der Waals surface area contributed by atoms with E-state index >= 15 is 0 Å². The summed E-state index contributed by atoms with van der Waals surface area (Å²) in [6.07, 6.45) is 1.45. The summed E-state index contributed by atoms with van der Waals surface area (Å²) in [6.45, 7) is 1.72. The molecule has 0 amide bonds. The fourth-order valence-corrected chi connectivity index (χ4v) is 4.20. The molecule has 1 aliphatic heterocycles. The Morgan fingerprint density at radius 1 is 1.23 bits per heavy atom. The van der Waals surface area contributed by atoms with Crippen molar-refractivity contribution in [3.05, 3.63) is 47.1 Å². The SMILES string of the molecule is CCOC(=O)c1oc2ccccc2c1COC(=O)C[C@@H]1C=CS(=O)(=O)C1. The Morgan fingerprint density at radius 2 is 2.00 bits per heavy atom. The zero-order valence-corrected chi connectivity index (χ0v) is 15.0. The zero-order valence-electron chi connectivity index (χ0n) is 14.1.